The number of benzene rings is 3. The van der Waals surface area contributed by atoms with Crippen molar-refractivity contribution in [3.63, 3.8) is 0 Å². The van der Waals surface area contributed by atoms with Crippen molar-refractivity contribution in [2.24, 2.45) is 0 Å². The fraction of sp³-hybridized carbons (Fsp3) is 0.0588. The van der Waals surface area contributed by atoms with Crippen molar-refractivity contribution in [2.75, 3.05) is 0 Å². The fourth-order valence-corrected chi connectivity index (χ4v) is 3.64. The molecule has 0 atom stereocenters. The van der Waals surface area contributed by atoms with Crippen LogP contribution in [0, 0.1) is 0 Å². The first kappa shape index (κ1) is 17.8. The van der Waals surface area contributed by atoms with E-state index in [-0.39, 0.29) is 56.3 Å². The van der Waals surface area contributed by atoms with Crippen LogP contribution in [0.3, 0.4) is 0 Å². The summed E-state index contributed by atoms with van der Waals surface area (Å²) in [6, 6.07) is 14.8. The van der Waals surface area contributed by atoms with Gasteiger partial charge in [0.1, 0.15) is 10.1 Å². The third kappa shape index (κ3) is 3.21. The molecule has 0 saturated heterocycles. The second-order valence-corrected chi connectivity index (χ2v) is 6.20. The Bertz CT molecular complexity index is 962. The molecule has 5 heteroatoms. The molecule has 106 valence electrons. The monoisotopic (exact) mass is 336 g/mol. The molecule has 3 aromatic rings. The normalized spacial score (nSPS) is 11.3. The second-order valence-electron chi connectivity index (χ2n) is 4.88. The van der Waals surface area contributed by atoms with Gasteiger partial charge >= 0.3 is 51.4 Å². The van der Waals surface area contributed by atoms with E-state index in [4.69, 9.17) is 0 Å². The molecule has 3 rings (SSSR count). The average molecular weight is 336 g/mol. The van der Waals surface area contributed by atoms with Gasteiger partial charge in [-0.25, -0.2) is 8.42 Å². The Morgan fingerprint density at radius 2 is 1.64 bits per heavy atom. The van der Waals surface area contributed by atoms with Crippen molar-refractivity contribution >= 4 is 31.7 Å². The molecule has 0 aromatic heterocycles. The van der Waals surface area contributed by atoms with Crippen LogP contribution in [0.15, 0.2) is 66.1 Å². The van der Waals surface area contributed by atoms with Crippen LogP contribution in [0.1, 0.15) is 5.56 Å². The Hall–Kier alpha value is -0.534. The van der Waals surface area contributed by atoms with Gasteiger partial charge in [-0.2, -0.15) is 0 Å². The number of allylic oxidation sites excluding steroid dienone is 1. The van der Waals surface area contributed by atoms with E-state index in [1.807, 2.05) is 36.4 Å². The largest absolute Gasteiger partial charge is 1.00 e. The average Bonchev–Trinajstić information content (AvgIpc) is 2.45. The second kappa shape index (κ2) is 6.92. The fourth-order valence-electron chi connectivity index (χ4n) is 2.72. The van der Waals surface area contributed by atoms with Crippen LogP contribution in [0.4, 0.5) is 0 Å². The van der Waals surface area contributed by atoms with Gasteiger partial charge in [0.05, 0.1) is 4.90 Å². The van der Waals surface area contributed by atoms with Gasteiger partial charge in [0.2, 0.25) is 0 Å². The van der Waals surface area contributed by atoms with Crippen LogP contribution in [0.25, 0.3) is 21.5 Å². The van der Waals surface area contributed by atoms with E-state index in [0.29, 0.717) is 17.4 Å². The summed E-state index contributed by atoms with van der Waals surface area (Å²) in [4.78, 5) is -0.134. The molecule has 0 amide bonds. The molecule has 0 N–H and O–H groups in total. The van der Waals surface area contributed by atoms with E-state index >= 15 is 0 Å². The molecule has 0 aliphatic heterocycles. The molecule has 22 heavy (non-hydrogen) atoms. The minimum absolute atomic E-state index is 0. The Balaban J connectivity index is 0.00000176. The van der Waals surface area contributed by atoms with Crippen LogP contribution < -0.4 is 51.4 Å². The van der Waals surface area contributed by atoms with Gasteiger partial charge in [-0.15, -0.1) is 6.58 Å². The Morgan fingerprint density at radius 3 is 2.32 bits per heavy atom. The molecule has 0 saturated carbocycles. The SMILES string of the molecule is C=CCc1ccc2c(ccc3ccccc32)c1S(=O)(=O)[O-].[K+]. The number of hydrogen-bond donors (Lipinski definition) is 0. The first-order chi connectivity index (χ1) is 10.0. The predicted molar refractivity (Wildman–Crippen MR) is 83.3 cm³/mol. The van der Waals surface area contributed by atoms with Crippen LogP contribution in [-0.2, 0) is 16.5 Å². The molecule has 0 unspecified atom stereocenters. The van der Waals surface area contributed by atoms with E-state index in [1.165, 1.54) is 0 Å². The summed E-state index contributed by atoms with van der Waals surface area (Å²) in [7, 11) is -4.55. The van der Waals surface area contributed by atoms with E-state index in [9.17, 15) is 13.0 Å². The van der Waals surface area contributed by atoms with Crippen molar-refractivity contribution in [1.29, 1.82) is 0 Å². The van der Waals surface area contributed by atoms with Crippen molar-refractivity contribution in [2.45, 2.75) is 11.3 Å². The van der Waals surface area contributed by atoms with Crippen LogP contribution in [-0.4, -0.2) is 13.0 Å². The quantitative estimate of drug-likeness (QED) is 0.305. The summed E-state index contributed by atoms with van der Waals surface area (Å²) < 4.78 is 35.1. The van der Waals surface area contributed by atoms with Crippen LogP contribution in [0.2, 0.25) is 0 Å². The van der Waals surface area contributed by atoms with Gasteiger partial charge in [0, 0.05) is 5.39 Å². The molecule has 3 aromatic carbocycles. The molecule has 0 bridgehead atoms. The summed E-state index contributed by atoms with van der Waals surface area (Å²) in [6.07, 6.45) is 1.94. The van der Waals surface area contributed by atoms with E-state index < -0.39 is 10.1 Å². The Morgan fingerprint density at radius 1 is 0.955 bits per heavy atom. The summed E-state index contributed by atoms with van der Waals surface area (Å²) in [5, 5.41) is 3.19. The number of rotatable bonds is 3. The Labute approximate surface area is 172 Å². The third-order valence-corrected chi connectivity index (χ3v) is 4.55. The molecular weight excluding hydrogens is 323 g/mol. The molecular formula is C17H13KO3S. The van der Waals surface area contributed by atoms with Crippen molar-refractivity contribution in [1.82, 2.24) is 0 Å². The van der Waals surface area contributed by atoms with Gasteiger partial charge in [-0.3, -0.25) is 0 Å². The minimum Gasteiger partial charge on any atom is -0.744 e. The molecule has 0 radical (unpaired) electrons. The standard InChI is InChI=1S/C17H14O3S.K/c1-2-5-13-9-10-15-14-7-4-3-6-12(14)8-11-16(15)17(13)21(18,19)20;/h2-4,6-11H,1,5H2,(H,18,19,20);/q;+1/p-1. The summed E-state index contributed by atoms with van der Waals surface area (Å²) in [5.41, 5.74) is 0.489. The summed E-state index contributed by atoms with van der Waals surface area (Å²) in [5.74, 6) is 0. The summed E-state index contributed by atoms with van der Waals surface area (Å²) >= 11 is 0. The van der Waals surface area contributed by atoms with E-state index in [0.717, 1.165) is 16.2 Å². The van der Waals surface area contributed by atoms with Crippen molar-refractivity contribution < 1.29 is 64.4 Å². The van der Waals surface area contributed by atoms with E-state index in [2.05, 4.69) is 6.58 Å². The molecule has 0 heterocycles. The van der Waals surface area contributed by atoms with Gasteiger partial charge in [0.25, 0.3) is 0 Å². The molecule has 0 aliphatic rings. The molecule has 0 fully saturated rings. The summed E-state index contributed by atoms with van der Waals surface area (Å²) in [6.45, 7) is 3.61. The van der Waals surface area contributed by atoms with Gasteiger partial charge in [0.15, 0.2) is 0 Å². The zero-order chi connectivity index (χ0) is 15.0. The maximum Gasteiger partial charge on any atom is 1.00 e. The zero-order valence-corrected chi connectivity index (χ0v) is 16.2. The van der Waals surface area contributed by atoms with Crippen LogP contribution >= 0.6 is 0 Å². The number of fused-ring (bicyclic) bond motifs is 3. The van der Waals surface area contributed by atoms with E-state index in [1.54, 1.807) is 18.2 Å². The van der Waals surface area contributed by atoms with Gasteiger partial charge in [-0.1, -0.05) is 54.6 Å². The third-order valence-electron chi connectivity index (χ3n) is 3.57. The zero-order valence-electron chi connectivity index (χ0n) is 12.2. The first-order valence-corrected chi connectivity index (χ1v) is 7.93. The molecule has 0 spiro atoms. The molecule has 3 nitrogen and oxygen atoms in total. The first-order valence-electron chi connectivity index (χ1n) is 6.52. The molecule has 0 aliphatic carbocycles. The Kier molecular flexibility index (Phi) is 5.61. The van der Waals surface area contributed by atoms with Crippen molar-refractivity contribution in [3.05, 3.63) is 66.7 Å². The smallest absolute Gasteiger partial charge is 0.744 e. The van der Waals surface area contributed by atoms with Crippen molar-refractivity contribution in [3.8, 4) is 0 Å². The maximum absolute atomic E-state index is 11.7. The van der Waals surface area contributed by atoms with Gasteiger partial charge < -0.3 is 4.55 Å². The van der Waals surface area contributed by atoms with Gasteiger partial charge in [-0.05, 0) is 28.1 Å². The number of hydrogen-bond acceptors (Lipinski definition) is 3. The van der Waals surface area contributed by atoms with Crippen LogP contribution in [0.5, 0.6) is 0 Å². The maximum atomic E-state index is 11.7. The minimum atomic E-state index is -4.55. The topological polar surface area (TPSA) is 57.2 Å². The predicted octanol–water partition coefficient (Wildman–Crippen LogP) is 0.630.